The highest BCUT2D eigenvalue weighted by atomic mass is 32.1. The van der Waals surface area contributed by atoms with Crippen molar-refractivity contribution in [2.45, 2.75) is 41.5 Å². The maximum atomic E-state index is 12.0. The van der Waals surface area contributed by atoms with Gasteiger partial charge in [0.1, 0.15) is 4.88 Å². The third-order valence-electron chi connectivity index (χ3n) is 2.48. The van der Waals surface area contributed by atoms with Crippen molar-refractivity contribution in [3.8, 4) is 0 Å². The number of allylic oxidation sites excluding steroid dienone is 3. The van der Waals surface area contributed by atoms with Crippen LogP contribution in [0, 0.1) is 0 Å². The molecule has 24 heavy (non-hydrogen) atoms. The first kappa shape index (κ1) is 23.9. The number of thiazole rings is 1. The number of nitrogen functional groups attached to an aromatic ring is 1. The topological polar surface area (TPSA) is 111 Å². The summed E-state index contributed by atoms with van der Waals surface area (Å²) in [5.74, 6) is -0.917. The molecule has 134 valence electrons. The van der Waals surface area contributed by atoms with E-state index in [0.29, 0.717) is 26.9 Å². The number of hydrogen-bond acceptors (Lipinski definition) is 5. The molecule has 7 heteroatoms. The minimum atomic E-state index is -0.560. The summed E-state index contributed by atoms with van der Waals surface area (Å²) in [5, 5.41) is 2.99. The SMILES string of the molecule is C=C/C(C)=C(\C=C(/C)C(N)=O)NC(=O)c1cnc(N)s1.CC.CC. The molecule has 0 bridgehead atoms. The van der Waals surface area contributed by atoms with Crippen molar-refractivity contribution in [2.24, 2.45) is 5.73 Å². The van der Waals surface area contributed by atoms with Crippen molar-refractivity contribution >= 4 is 28.3 Å². The van der Waals surface area contributed by atoms with Crippen LogP contribution in [0.2, 0.25) is 0 Å². The second kappa shape index (κ2) is 13.1. The van der Waals surface area contributed by atoms with E-state index in [-0.39, 0.29) is 5.91 Å². The molecule has 5 N–H and O–H groups in total. The fourth-order valence-electron chi connectivity index (χ4n) is 1.22. The molecule has 1 rings (SSSR count). The normalized spacial score (nSPS) is 11.0. The summed E-state index contributed by atoms with van der Waals surface area (Å²) < 4.78 is 0. The van der Waals surface area contributed by atoms with E-state index in [0.717, 1.165) is 11.3 Å². The van der Waals surface area contributed by atoms with E-state index in [2.05, 4.69) is 16.9 Å². The van der Waals surface area contributed by atoms with Crippen molar-refractivity contribution in [1.29, 1.82) is 0 Å². The Hall–Kier alpha value is -2.41. The smallest absolute Gasteiger partial charge is 0.267 e. The van der Waals surface area contributed by atoms with Crippen LogP contribution >= 0.6 is 11.3 Å². The molecule has 0 spiro atoms. The van der Waals surface area contributed by atoms with Gasteiger partial charge in [-0.1, -0.05) is 51.7 Å². The van der Waals surface area contributed by atoms with E-state index < -0.39 is 5.91 Å². The van der Waals surface area contributed by atoms with E-state index in [9.17, 15) is 9.59 Å². The standard InChI is InChI=1S/C13H16N4O2S.2C2H6/c1-4-7(2)9(5-8(3)11(14)18)17-12(19)10-6-16-13(15)20-10;2*1-2/h4-6H,1H2,2-3H3,(H2,14,18)(H2,15,16)(H,17,19);2*1-2H3/b8-5+,9-7+;;. The monoisotopic (exact) mass is 352 g/mol. The van der Waals surface area contributed by atoms with Gasteiger partial charge in [0, 0.05) is 11.3 Å². The van der Waals surface area contributed by atoms with Crippen LogP contribution < -0.4 is 16.8 Å². The first-order chi connectivity index (χ1) is 11.3. The lowest BCUT2D eigenvalue weighted by Gasteiger charge is -2.08. The molecular formula is C17H28N4O2S. The van der Waals surface area contributed by atoms with Gasteiger partial charge < -0.3 is 16.8 Å². The average Bonchev–Trinajstić information content (AvgIpc) is 3.03. The fourth-order valence-corrected chi connectivity index (χ4v) is 1.80. The second-order valence-electron chi connectivity index (χ2n) is 4.01. The zero-order valence-corrected chi connectivity index (χ0v) is 16.1. The van der Waals surface area contributed by atoms with Crippen LogP contribution in [0.1, 0.15) is 51.2 Å². The van der Waals surface area contributed by atoms with Gasteiger partial charge in [-0.2, -0.15) is 0 Å². The van der Waals surface area contributed by atoms with Crippen LogP contribution in [0.25, 0.3) is 0 Å². The maximum Gasteiger partial charge on any atom is 0.267 e. The Labute approximate surface area is 148 Å². The van der Waals surface area contributed by atoms with Gasteiger partial charge in [0.25, 0.3) is 5.91 Å². The van der Waals surface area contributed by atoms with E-state index in [1.54, 1.807) is 19.9 Å². The Balaban J connectivity index is 0. The molecule has 0 fully saturated rings. The molecule has 0 aromatic carbocycles. The van der Waals surface area contributed by atoms with E-state index >= 15 is 0 Å². The number of anilines is 1. The highest BCUT2D eigenvalue weighted by Crippen LogP contribution is 2.15. The Morgan fingerprint density at radius 3 is 2.17 bits per heavy atom. The summed E-state index contributed by atoms with van der Waals surface area (Å²) in [7, 11) is 0. The van der Waals surface area contributed by atoms with E-state index in [4.69, 9.17) is 11.5 Å². The van der Waals surface area contributed by atoms with Crippen LogP contribution in [0.3, 0.4) is 0 Å². The molecular weight excluding hydrogens is 324 g/mol. The zero-order valence-electron chi connectivity index (χ0n) is 15.3. The third-order valence-corrected chi connectivity index (χ3v) is 3.30. The number of aromatic nitrogens is 1. The van der Waals surface area contributed by atoms with Crippen molar-refractivity contribution in [2.75, 3.05) is 5.73 Å². The Bertz CT molecular complexity index is 616. The third kappa shape index (κ3) is 8.28. The predicted molar refractivity (Wildman–Crippen MR) is 103 cm³/mol. The van der Waals surface area contributed by atoms with Crippen LogP contribution in [-0.4, -0.2) is 16.8 Å². The van der Waals surface area contributed by atoms with Crippen molar-refractivity contribution < 1.29 is 9.59 Å². The van der Waals surface area contributed by atoms with Crippen molar-refractivity contribution in [3.63, 3.8) is 0 Å². The molecule has 0 radical (unpaired) electrons. The first-order valence-corrected chi connectivity index (χ1v) is 8.51. The van der Waals surface area contributed by atoms with Gasteiger partial charge >= 0.3 is 0 Å². The molecule has 0 aliphatic carbocycles. The number of nitrogens with two attached hydrogens (primary N) is 2. The maximum absolute atomic E-state index is 12.0. The van der Waals surface area contributed by atoms with E-state index in [1.807, 2.05) is 27.7 Å². The van der Waals surface area contributed by atoms with Gasteiger partial charge in [0.15, 0.2) is 5.13 Å². The minimum absolute atomic E-state index is 0.310. The number of carbonyl (C=O) groups excluding carboxylic acids is 2. The number of rotatable bonds is 5. The summed E-state index contributed by atoms with van der Waals surface area (Å²) >= 11 is 1.08. The van der Waals surface area contributed by atoms with Crippen LogP contribution in [-0.2, 0) is 4.79 Å². The van der Waals surface area contributed by atoms with Gasteiger partial charge in [-0.05, 0) is 25.5 Å². The lowest BCUT2D eigenvalue weighted by molar-refractivity contribution is -0.114. The number of hydrogen-bond donors (Lipinski definition) is 3. The van der Waals surface area contributed by atoms with Gasteiger partial charge in [-0.3, -0.25) is 9.59 Å². The molecule has 0 saturated carbocycles. The molecule has 2 amide bonds. The van der Waals surface area contributed by atoms with Gasteiger partial charge in [0.2, 0.25) is 5.91 Å². The summed E-state index contributed by atoms with van der Waals surface area (Å²) in [4.78, 5) is 27.3. The first-order valence-electron chi connectivity index (χ1n) is 7.69. The Morgan fingerprint density at radius 1 is 1.25 bits per heavy atom. The summed E-state index contributed by atoms with van der Waals surface area (Å²) in [5.41, 5.74) is 12.1. The molecule has 1 heterocycles. The number of carbonyl (C=O) groups is 2. The molecule has 6 nitrogen and oxygen atoms in total. The highest BCUT2D eigenvalue weighted by molar-refractivity contribution is 7.17. The molecule has 0 atom stereocenters. The van der Waals surface area contributed by atoms with E-state index in [1.165, 1.54) is 12.3 Å². The molecule has 1 aromatic rings. The molecule has 0 unspecified atom stereocenters. The zero-order chi connectivity index (χ0) is 19.3. The molecule has 0 aliphatic heterocycles. The van der Waals surface area contributed by atoms with Gasteiger partial charge in [0.05, 0.1) is 6.20 Å². The highest BCUT2D eigenvalue weighted by Gasteiger charge is 2.12. The average molecular weight is 353 g/mol. The van der Waals surface area contributed by atoms with Crippen molar-refractivity contribution in [3.05, 3.63) is 46.6 Å². The van der Waals surface area contributed by atoms with Gasteiger partial charge in [-0.25, -0.2) is 4.98 Å². The predicted octanol–water partition coefficient (Wildman–Crippen LogP) is 3.40. The minimum Gasteiger partial charge on any atom is -0.375 e. The lowest BCUT2D eigenvalue weighted by atomic mass is 10.1. The quantitative estimate of drug-likeness (QED) is 0.557. The number of nitrogens with zero attached hydrogens (tertiary/aromatic N) is 1. The molecule has 0 saturated heterocycles. The largest absolute Gasteiger partial charge is 0.375 e. The van der Waals surface area contributed by atoms with Crippen LogP contribution in [0.4, 0.5) is 5.13 Å². The molecule has 1 aromatic heterocycles. The van der Waals surface area contributed by atoms with Crippen LogP contribution in [0.15, 0.2) is 41.8 Å². The number of nitrogens with one attached hydrogen (secondary N) is 1. The summed E-state index contributed by atoms with van der Waals surface area (Å²) in [6, 6.07) is 0. The fraction of sp³-hybridized carbons (Fsp3) is 0.353. The summed E-state index contributed by atoms with van der Waals surface area (Å²) in [6.45, 7) is 15.0. The Morgan fingerprint density at radius 2 is 1.79 bits per heavy atom. The number of amides is 2. The summed E-state index contributed by atoms with van der Waals surface area (Å²) in [6.07, 6.45) is 4.46. The molecule has 0 aliphatic rings. The second-order valence-corrected chi connectivity index (χ2v) is 5.07. The lowest BCUT2D eigenvalue weighted by Crippen LogP contribution is -2.23. The Kier molecular flexibility index (Phi) is 13.0. The number of primary amides is 1. The van der Waals surface area contributed by atoms with Crippen LogP contribution in [0.5, 0.6) is 0 Å². The van der Waals surface area contributed by atoms with Gasteiger partial charge in [-0.15, -0.1) is 0 Å². The van der Waals surface area contributed by atoms with Crippen molar-refractivity contribution in [1.82, 2.24) is 10.3 Å².